The molecule has 0 radical (unpaired) electrons. The van der Waals surface area contributed by atoms with E-state index < -0.39 is 0 Å². The van der Waals surface area contributed by atoms with Crippen LogP contribution in [0.4, 0.5) is 0 Å². The Bertz CT molecular complexity index is 678. The van der Waals surface area contributed by atoms with Crippen LogP contribution in [0.25, 0.3) is 5.69 Å². The number of carbonyl (C=O) groups excluding carboxylic acids is 1. The third kappa shape index (κ3) is 3.15. The summed E-state index contributed by atoms with van der Waals surface area (Å²) in [5, 5.41) is 7.90. The molecule has 1 N–H and O–H groups in total. The fourth-order valence-corrected chi connectivity index (χ4v) is 2.76. The third-order valence-corrected chi connectivity index (χ3v) is 4.12. The van der Waals surface area contributed by atoms with Gasteiger partial charge in [-0.05, 0) is 31.5 Å². The number of nitrogens with zero attached hydrogens (tertiary/aromatic N) is 2. The van der Waals surface area contributed by atoms with E-state index in [0.29, 0.717) is 23.0 Å². The summed E-state index contributed by atoms with van der Waals surface area (Å²) >= 11 is 6.01. The molecule has 0 spiro atoms. The van der Waals surface area contributed by atoms with Crippen LogP contribution in [-0.4, -0.2) is 35.4 Å². The Balaban J connectivity index is 1.73. The van der Waals surface area contributed by atoms with Crippen LogP contribution < -0.4 is 5.32 Å². The molecule has 1 aliphatic heterocycles. The number of halogens is 1. The van der Waals surface area contributed by atoms with E-state index in [9.17, 15) is 4.79 Å². The molecule has 1 saturated heterocycles. The predicted molar refractivity (Wildman–Crippen MR) is 84.6 cm³/mol. The molecule has 1 fully saturated rings. The topological polar surface area (TPSA) is 56.1 Å². The zero-order valence-electron chi connectivity index (χ0n) is 12.4. The van der Waals surface area contributed by atoms with E-state index in [2.05, 4.69) is 10.4 Å². The van der Waals surface area contributed by atoms with Gasteiger partial charge in [0.25, 0.3) is 5.91 Å². The lowest BCUT2D eigenvalue weighted by atomic mass is 10.1. The molecule has 3 rings (SSSR count). The number of nitrogens with one attached hydrogen (secondary N) is 1. The van der Waals surface area contributed by atoms with E-state index in [-0.39, 0.29) is 5.91 Å². The average molecular weight is 320 g/mol. The van der Waals surface area contributed by atoms with Crippen molar-refractivity contribution < 1.29 is 9.53 Å². The van der Waals surface area contributed by atoms with E-state index in [1.807, 2.05) is 25.1 Å². The van der Waals surface area contributed by atoms with Crippen LogP contribution in [0.2, 0.25) is 5.02 Å². The maximum absolute atomic E-state index is 12.3. The van der Waals surface area contributed by atoms with Crippen LogP contribution in [0.15, 0.2) is 30.5 Å². The minimum absolute atomic E-state index is 0.0994. The standard InChI is InChI=1S/C16H18ClN3O2/c1-11-15(16(21)18-8-12-5-6-22-10-12)9-19-20(11)14-4-2-3-13(17)7-14/h2-4,7,9,12H,5-6,8,10H2,1H3,(H,18,21). The monoisotopic (exact) mass is 319 g/mol. The zero-order chi connectivity index (χ0) is 15.5. The number of aromatic nitrogens is 2. The number of benzene rings is 1. The lowest BCUT2D eigenvalue weighted by molar-refractivity contribution is 0.0944. The summed E-state index contributed by atoms with van der Waals surface area (Å²) in [7, 11) is 0. The quantitative estimate of drug-likeness (QED) is 0.942. The fourth-order valence-electron chi connectivity index (χ4n) is 2.58. The van der Waals surface area contributed by atoms with Crippen LogP contribution in [0.5, 0.6) is 0 Å². The minimum Gasteiger partial charge on any atom is -0.381 e. The molecule has 6 heteroatoms. The average Bonchev–Trinajstić information content (AvgIpc) is 3.14. The lowest BCUT2D eigenvalue weighted by Crippen LogP contribution is -2.29. The Kier molecular flexibility index (Phi) is 4.45. The molecule has 0 aliphatic carbocycles. The van der Waals surface area contributed by atoms with Crippen molar-refractivity contribution in [3.05, 3.63) is 46.7 Å². The van der Waals surface area contributed by atoms with Crippen molar-refractivity contribution in [2.24, 2.45) is 5.92 Å². The van der Waals surface area contributed by atoms with Gasteiger partial charge in [0.2, 0.25) is 0 Å². The van der Waals surface area contributed by atoms with E-state index in [4.69, 9.17) is 16.3 Å². The van der Waals surface area contributed by atoms with Gasteiger partial charge in [0.15, 0.2) is 0 Å². The molecule has 2 heterocycles. The van der Waals surface area contributed by atoms with Gasteiger partial charge in [0.05, 0.1) is 29.7 Å². The van der Waals surface area contributed by atoms with Gasteiger partial charge in [0, 0.05) is 24.1 Å². The highest BCUT2D eigenvalue weighted by atomic mass is 35.5. The summed E-state index contributed by atoms with van der Waals surface area (Å²) in [5.74, 6) is 0.310. The summed E-state index contributed by atoms with van der Waals surface area (Å²) in [6, 6.07) is 7.39. The number of carbonyl (C=O) groups is 1. The SMILES string of the molecule is Cc1c(C(=O)NCC2CCOC2)cnn1-c1cccc(Cl)c1. The molecule has 1 aliphatic rings. The summed E-state index contributed by atoms with van der Waals surface area (Å²) in [4.78, 5) is 12.3. The first-order chi connectivity index (χ1) is 10.6. The van der Waals surface area contributed by atoms with E-state index in [1.54, 1.807) is 16.9 Å². The number of hydrogen-bond acceptors (Lipinski definition) is 3. The maximum Gasteiger partial charge on any atom is 0.254 e. The molecule has 1 aromatic heterocycles. The minimum atomic E-state index is -0.0994. The van der Waals surface area contributed by atoms with Crippen LogP contribution >= 0.6 is 11.6 Å². The fraction of sp³-hybridized carbons (Fsp3) is 0.375. The molecule has 1 unspecified atom stereocenters. The van der Waals surface area contributed by atoms with E-state index in [1.165, 1.54) is 0 Å². The highest BCUT2D eigenvalue weighted by Gasteiger charge is 2.19. The van der Waals surface area contributed by atoms with Gasteiger partial charge in [-0.1, -0.05) is 17.7 Å². The zero-order valence-corrected chi connectivity index (χ0v) is 13.1. The number of hydrogen-bond donors (Lipinski definition) is 1. The summed E-state index contributed by atoms with van der Waals surface area (Å²) in [6.07, 6.45) is 2.59. The number of rotatable bonds is 4. The van der Waals surface area contributed by atoms with Crippen molar-refractivity contribution in [1.82, 2.24) is 15.1 Å². The van der Waals surface area contributed by atoms with Crippen LogP contribution in [0.3, 0.4) is 0 Å². The van der Waals surface area contributed by atoms with Crippen molar-refractivity contribution in [3.8, 4) is 5.69 Å². The smallest absolute Gasteiger partial charge is 0.254 e. The summed E-state index contributed by atoms with van der Waals surface area (Å²) in [5.41, 5.74) is 2.22. The van der Waals surface area contributed by atoms with E-state index in [0.717, 1.165) is 31.0 Å². The molecule has 22 heavy (non-hydrogen) atoms. The number of ether oxygens (including phenoxy) is 1. The van der Waals surface area contributed by atoms with E-state index >= 15 is 0 Å². The molecule has 0 saturated carbocycles. The molecule has 1 atom stereocenters. The Labute approximate surface area is 134 Å². The normalized spacial score (nSPS) is 17.6. The van der Waals surface area contributed by atoms with Gasteiger partial charge < -0.3 is 10.1 Å². The molecule has 1 amide bonds. The van der Waals surface area contributed by atoms with Crippen molar-refractivity contribution in [2.75, 3.05) is 19.8 Å². The second-order valence-electron chi connectivity index (χ2n) is 5.47. The van der Waals surface area contributed by atoms with Gasteiger partial charge >= 0.3 is 0 Å². The van der Waals surface area contributed by atoms with Crippen molar-refractivity contribution in [2.45, 2.75) is 13.3 Å². The van der Waals surface area contributed by atoms with Crippen LogP contribution in [0.1, 0.15) is 22.5 Å². The van der Waals surface area contributed by atoms with Crippen molar-refractivity contribution in [3.63, 3.8) is 0 Å². The van der Waals surface area contributed by atoms with Gasteiger partial charge in [-0.2, -0.15) is 5.10 Å². The summed E-state index contributed by atoms with van der Waals surface area (Å²) in [6.45, 7) is 4.02. The highest BCUT2D eigenvalue weighted by molar-refractivity contribution is 6.30. The molecule has 0 bridgehead atoms. The van der Waals surface area contributed by atoms with Gasteiger partial charge in [-0.3, -0.25) is 4.79 Å². The second-order valence-corrected chi connectivity index (χ2v) is 5.91. The van der Waals surface area contributed by atoms with Crippen molar-refractivity contribution in [1.29, 1.82) is 0 Å². The Morgan fingerprint density at radius 3 is 3.14 bits per heavy atom. The lowest BCUT2D eigenvalue weighted by Gasteiger charge is -2.09. The van der Waals surface area contributed by atoms with Gasteiger partial charge in [0.1, 0.15) is 0 Å². The number of amides is 1. The first kappa shape index (κ1) is 15.1. The predicted octanol–water partition coefficient (Wildman–Crippen LogP) is 2.60. The largest absolute Gasteiger partial charge is 0.381 e. The molecule has 2 aromatic rings. The highest BCUT2D eigenvalue weighted by Crippen LogP contribution is 2.18. The Morgan fingerprint density at radius 2 is 2.41 bits per heavy atom. The van der Waals surface area contributed by atoms with Gasteiger partial charge in [-0.25, -0.2) is 4.68 Å². The van der Waals surface area contributed by atoms with Crippen molar-refractivity contribution >= 4 is 17.5 Å². The Morgan fingerprint density at radius 1 is 1.55 bits per heavy atom. The van der Waals surface area contributed by atoms with Gasteiger partial charge in [-0.15, -0.1) is 0 Å². The van der Waals surface area contributed by atoms with Crippen LogP contribution in [-0.2, 0) is 4.74 Å². The maximum atomic E-state index is 12.3. The third-order valence-electron chi connectivity index (χ3n) is 3.88. The van der Waals surface area contributed by atoms with Crippen LogP contribution in [0, 0.1) is 12.8 Å². The molecular formula is C16H18ClN3O2. The second kappa shape index (κ2) is 6.50. The molecule has 5 nitrogen and oxygen atoms in total. The summed E-state index contributed by atoms with van der Waals surface area (Å²) < 4.78 is 7.03. The molecule has 116 valence electrons. The first-order valence-corrected chi connectivity index (χ1v) is 7.69. The first-order valence-electron chi connectivity index (χ1n) is 7.31. The molecular weight excluding hydrogens is 302 g/mol. The molecule has 1 aromatic carbocycles. The Hall–Kier alpha value is -1.85.